The van der Waals surface area contributed by atoms with Crippen molar-refractivity contribution in [2.24, 2.45) is 11.7 Å². The van der Waals surface area contributed by atoms with Gasteiger partial charge in [-0.15, -0.1) is 12.4 Å². The molecule has 0 radical (unpaired) electrons. The minimum Gasteiger partial charge on any atom is -0.356 e. The van der Waals surface area contributed by atoms with E-state index in [1.165, 1.54) is 11.1 Å². The SMILES string of the molecule is CCc1ccc(CCNC(=O)C2CCC(N)C2)cc1.Cl. The Balaban J connectivity index is 0.00000200. The average Bonchev–Trinajstić information content (AvgIpc) is 2.86. The molecule has 1 saturated carbocycles. The predicted molar refractivity (Wildman–Crippen MR) is 85.1 cm³/mol. The first-order chi connectivity index (χ1) is 9.19. The largest absolute Gasteiger partial charge is 0.356 e. The van der Waals surface area contributed by atoms with Crippen molar-refractivity contribution in [3.05, 3.63) is 35.4 Å². The van der Waals surface area contributed by atoms with Crippen LogP contribution in [0, 0.1) is 5.92 Å². The molecule has 2 rings (SSSR count). The zero-order valence-electron chi connectivity index (χ0n) is 12.1. The molecule has 3 N–H and O–H groups in total. The number of halogens is 1. The van der Waals surface area contributed by atoms with Crippen molar-refractivity contribution in [2.75, 3.05) is 6.54 Å². The van der Waals surface area contributed by atoms with Crippen LogP contribution in [0.4, 0.5) is 0 Å². The molecule has 1 aromatic rings. The predicted octanol–water partition coefficient (Wildman–Crippen LogP) is 2.46. The Bertz CT molecular complexity index is 419. The van der Waals surface area contributed by atoms with Crippen LogP contribution in [0.3, 0.4) is 0 Å². The summed E-state index contributed by atoms with van der Waals surface area (Å²) >= 11 is 0. The van der Waals surface area contributed by atoms with Crippen molar-refractivity contribution in [2.45, 2.75) is 45.1 Å². The summed E-state index contributed by atoms with van der Waals surface area (Å²) in [5.74, 6) is 0.315. The zero-order chi connectivity index (χ0) is 13.7. The topological polar surface area (TPSA) is 55.1 Å². The maximum atomic E-state index is 11.9. The van der Waals surface area contributed by atoms with E-state index in [-0.39, 0.29) is 30.3 Å². The number of benzene rings is 1. The summed E-state index contributed by atoms with van der Waals surface area (Å²) in [6.45, 7) is 2.87. The highest BCUT2D eigenvalue weighted by atomic mass is 35.5. The Kier molecular flexibility index (Phi) is 7.03. The summed E-state index contributed by atoms with van der Waals surface area (Å²) in [4.78, 5) is 11.9. The lowest BCUT2D eigenvalue weighted by molar-refractivity contribution is -0.124. The van der Waals surface area contributed by atoms with E-state index in [2.05, 4.69) is 36.5 Å². The van der Waals surface area contributed by atoms with Crippen LogP contribution in [-0.2, 0) is 17.6 Å². The summed E-state index contributed by atoms with van der Waals surface area (Å²) in [6, 6.07) is 8.84. The van der Waals surface area contributed by atoms with Crippen LogP contribution in [0.1, 0.15) is 37.3 Å². The number of carbonyl (C=O) groups is 1. The highest BCUT2D eigenvalue weighted by Gasteiger charge is 2.27. The molecule has 1 aliphatic carbocycles. The van der Waals surface area contributed by atoms with Gasteiger partial charge in [0, 0.05) is 18.5 Å². The van der Waals surface area contributed by atoms with E-state index >= 15 is 0 Å². The van der Waals surface area contributed by atoms with Crippen molar-refractivity contribution in [3.8, 4) is 0 Å². The van der Waals surface area contributed by atoms with Gasteiger partial charge in [-0.05, 0) is 43.2 Å². The summed E-state index contributed by atoms with van der Waals surface area (Å²) in [5, 5.41) is 3.03. The lowest BCUT2D eigenvalue weighted by atomic mass is 10.1. The Labute approximate surface area is 127 Å². The molecule has 1 aromatic carbocycles. The smallest absolute Gasteiger partial charge is 0.223 e. The summed E-state index contributed by atoms with van der Waals surface area (Å²) < 4.78 is 0. The van der Waals surface area contributed by atoms with Gasteiger partial charge in [-0.3, -0.25) is 4.79 Å². The van der Waals surface area contributed by atoms with E-state index in [9.17, 15) is 4.79 Å². The van der Waals surface area contributed by atoms with Crippen LogP contribution in [0.2, 0.25) is 0 Å². The van der Waals surface area contributed by atoms with E-state index < -0.39 is 0 Å². The van der Waals surface area contributed by atoms with Crippen molar-refractivity contribution < 1.29 is 4.79 Å². The standard InChI is InChI=1S/C16H24N2O.ClH/c1-2-12-3-5-13(6-4-12)9-10-18-16(19)14-7-8-15(17)11-14;/h3-6,14-15H,2,7-11,17H2,1H3,(H,18,19);1H. The molecule has 0 aromatic heterocycles. The Morgan fingerprint density at radius 3 is 2.45 bits per heavy atom. The number of hydrogen-bond donors (Lipinski definition) is 2. The fraction of sp³-hybridized carbons (Fsp3) is 0.562. The minimum atomic E-state index is 0. The van der Waals surface area contributed by atoms with E-state index in [1.54, 1.807) is 0 Å². The monoisotopic (exact) mass is 296 g/mol. The number of hydrogen-bond acceptors (Lipinski definition) is 2. The molecule has 1 aliphatic rings. The van der Waals surface area contributed by atoms with E-state index in [0.717, 1.165) is 38.6 Å². The second kappa shape index (κ2) is 8.28. The minimum absolute atomic E-state index is 0. The molecule has 0 spiro atoms. The highest BCUT2D eigenvalue weighted by molar-refractivity contribution is 5.85. The van der Waals surface area contributed by atoms with Gasteiger partial charge in [-0.25, -0.2) is 0 Å². The van der Waals surface area contributed by atoms with Crippen LogP contribution in [0.25, 0.3) is 0 Å². The number of rotatable bonds is 5. The van der Waals surface area contributed by atoms with Crippen molar-refractivity contribution in [1.82, 2.24) is 5.32 Å². The van der Waals surface area contributed by atoms with Gasteiger partial charge < -0.3 is 11.1 Å². The van der Waals surface area contributed by atoms with Gasteiger partial charge in [0.25, 0.3) is 0 Å². The number of aryl methyl sites for hydroxylation is 1. The van der Waals surface area contributed by atoms with Crippen LogP contribution in [0.5, 0.6) is 0 Å². The van der Waals surface area contributed by atoms with E-state index in [1.807, 2.05) is 0 Å². The molecule has 2 unspecified atom stereocenters. The van der Waals surface area contributed by atoms with Gasteiger partial charge >= 0.3 is 0 Å². The number of nitrogens with one attached hydrogen (secondary N) is 1. The second-order valence-electron chi connectivity index (χ2n) is 5.48. The summed E-state index contributed by atoms with van der Waals surface area (Å²) in [6.07, 6.45) is 4.74. The number of amides is 1. The van der Waals surface area contributed by atoms with Gasteiger partial charge in [-0.1, -0.05) is 31.2 Å². The van der Waals surface area contributed by atoms with Crippen LogP contribution in [-0.4, -0.2) is 18.5 Å². The molecular weight excluding hydrogens is 272 g/mol. The fourth-order valence-electron chi connectivity index (χ4n) is 2.67. The van der Waals surface area contributed by atoms with Crippen LogP contribution < -0.4 is 11.1 Å². The zero-order valence-corrected chi connectivity index (χ0v) is 12.9. The van der Waals surface area contributed by atoms with Gasteiger partial charge in [0.2, 0.25) is 5.91 Å². The third-order valence-corrected chi connectivity index (χ3v) is 3.99. The van der Waals surface area contributed by atoms with Gasteiger partial charge in [0.05, 0.1) is 0 Å². The third kappa shape index (κ3) is 4.80. The van der Waals surface area contributed by atoms with Crippen molar-refractivity contribution in [1.29, 1.82) is 0 Å². The van der Waals surface area contributed by atoms with Gasteiger partial charge in [0.15, 0.2) is 0 Å². The van der Waals surface area contributed by atoms with E-state index in [0.29, 0.717) is 0 Å². The second-order valence-corrected chi connectivity index (χ2v) is 5.48. The van der Waals surface area contributed by atoms with Crippen molar-refractivity contribution >= 4 is 18.3 Å². The lowest BCUT2D eigenvalue weighted by Gasteiger charge is -2.10. The Morgan fingerprint density at radius 2 is 1.90 bits per heavy atom. The molecule has 0 saturated heterocycles. The first-order valence-electron chi connectivity index (χ1n) is 7.30. The van der Waals surface area contributed by atoms with Crippen molar-refractivity contribution in [3.63, 3.8) is 0 Å². The maximum absolute atomic E-state index is 11.9. The molecular formula is C16H25ClN2O. The quantitative estimate of drug-likeness (QED) is 0.877. The fourth-order valence-corrected chi connectivity index (χ4v) is 2.67. The molecule has 0 bridgehead atoms. The average molecular weight is 297 g/mol. The lowest BCUT2D eigenvalue weighted by Crippen LogP contribution is -2.31. The summed E-state index contributed by atoms with van der Waals surface area (Å²) in [5.41, 5.74) is 8.46. The first kappa shape index (κ1) is 17.0. The Morgan fingerprint density at radius 1 is 1.25 bits per heavy atom. The van der Waals surface area contributed by atoms with E-state index in [4.69, 9.17) is 5.73 Å². The summed E-state index contributed by atoms with van der Waals surface area (Å²) in [7, 11) is 0. The molecule has 3 nitrogen and oxygen atoms in total. The molecule has 0 aliphatic heterocycles. The number of nitrogens with two attached hydrogens (primary N) is 1. The molecule has 1 amide bonds. The van der Waals surface area contributed by atoms with Crippen LogP contribution in [0.15, 0.2) is 24.3 Å². The molecule has 1 fully saturated rings. The van der Waals surface area contributed by atoms with Crippen LogP contribution >= 0.6 is 12.4 Å². The molecule has 2 atom stereocenters. The Hall–Kier alpha value is -1.06. The highest BCUT2D eigenvalue weighted by Crippen LogP contribution is 2.23. The van der Waals surface area contributed by atoms with Gasteiger partial charge in [0.1, 0.15) is 0 Å². The molecule has 112 valence electrons. The third-order valence-electron chi connectivity index (χ3n) is 3.99. The van der Waals surface area contributed by atoms with Gasteiger partial charge in [-0.2, -0.15) is 0 Å². The normalized spacial score (nSPS) is 21.3. The molecule has 4 heteroatoms. The maximum Gasteiger partial charge on any atom is 0.223 e. The first-order valence-corrected chi connectivity index (χ1v) is 7.30. The number of carbonyl (C=O) groups excluding carboxylic acids is 1. The molecule has 0 heterocycles. The molecule has 20 heavy (non-hydrogen) atoms.